The maximum Gasteiger partial charge on any atom is 0.122 e. The predicted octanol–water partition coefficient (Wildman–Crippen LogP) is 1.79. The van der Waals surface area contributed by atoms with Crippen LogP contribution in [0, 0.1) is 0 Å². The van der Waals surface area contributed by atoms with Crippen molar-refractivity contribution in [2.24, 2.45) is 0 Å². The van der Waals surface area contributed by atoms with E-state index in [1.165, 1.54) is 12.1 Å². The van der Waals surface area contributed by atoms with Gasteiger partial charge in [-0.05, 0) is 12.1 Å². The van der Waals surface area contributed by atoms with Crippen LogP contribution in [0.3, 0.4) is 0 Å². The maximum atomic E-state index is 9.55. The van der Waals surface area contributed by atoms with Gasteiger partial charge in [0.25, 0.3) is 0 Å². The zero-order valence-electron chi connectivity index (χ0n) is 7.19. The summed E-state index contributed by atoms with van der Waals surface area (Å²) < 4.78 is 0.700. The van der Waals surface area contributed by atoms with Gasteiger partial charge in [-0.15, -0.1) is 11.6 Å². The fourth-order valence-corrected chi connectivity index (χ4v) is 1.58. The van der Waals surface area contributed by atoms with Crippen LogP contribution in [-0.4, -0.2) is 27.3 Å². The molecule has 78 valence electrons. The number of rotatable bonds is 3. The Labute approximate surface area is 95.1 Å². The molecule has 1 aromatic rings. The lowest BCUT2D eigenvalue weighted by atomic mass is 10.0. The normalized spacial score (nSPS) is 15.1. The summed E-state index contributed by atoms with van der Waals surface area (Å²) in [6.07, 6.45) is -2.25. The molecule has 3 N–H and O–H groups in total. The highest BCUT2D eigenvalue weighted by atomic mass is 79.9. The van der Waals surface area contributed by atoms with Crippen molar-refractivity contribution < 1.29 is 15.3 Å². The number of phenols is 1. The second kappa shape index (κ2) is 4.98. The van der Waals surface area contributed by atoms with Crippen molar-refractivity contribution in [2.45, 2.75) is 12.2 Å². The van der Waals surface area contributed by atoms with E-state index in [1.54, 1.807) is 6.07 Å². The Morgan fingerprint density at radius 3 is 2.50 bits per heavy atom. The Hall–Kier alpha value is -0.290. The van der Waals surface area contributed by atoms with E-state index in [2.05, 4.69) is 15.9 Å². The van der Waals surface area contributed by atoms with Crippen LogP contribution in [0.4, 0.5) is 0 Å². The number of aliphatic hydroxyl groups excluding tert-OH is 2. The van der Waals surface area contributed by atoms with E-state index in [4.69, 9.17) is 11.6 Å². The molecule has 0 heterocycles. The number of hydrogen-bond donors (Lipinski definition) is 3. The lowest BCUT2D eigenvalue weighted by molar-refractivity contribution is 0.0312. The molecule has 3 nitrogen and oxygen atoms in total. The minimum absolute atomic E-state index is 0.0731. The van der Waals surface area contributed by atoms with Gasteiger partial charge in [-0.3, -0.25) is 0 Å². The topological polar surface area (TPSA) is 60.7 Å². The van der Waals surface area contributed by atoms with Gasteiger partial charge in [0.05, 0.1) is 12.0 Å². The number of halogens is 2. The van der Waals surface area contributed by atoms with E-state index in [-0.39, 0.29) is 17.2 Å². The molecule has 1 rings (SSSR count). The van der Waals surface area contributed by atoms with E-state index < -0.39 is 12.2 Å². The smallest absolute Gasteiger partial charge is 0.122 e. The summed E-state index contributed by atoms with van der Waals surface area (Å²) in [7, 11) is 0. The van der Waals surface area contributed by atoms with Crippen LogP contribution in [0.5, 0.6) is 5.75 Å². The Bertz CT molecular complexity index is 319. The van der Waals surface area contributed by atoms with Crippen LogP contribution in [0.25, 0.3) is 0 Å². The lowest BCUT2D eigenvalue weighted by Crippen LogP contribution is -2.19. The van der Waals surface area contributed by atoms with Crippen LogP contribution < -0.4 is 0 Å². The Kier molecular flexibility index (Phi) is 4.19. The largest absolute Gasteiger partial charge is 0.508 e. The highest BCUT2D eigenvalue weighted by molar-refractivity contribution is 9.10. The number of hydrogen-bond acceptors (Lipinski definition) is 3. The average Bonchev–Trinajstić information content (AvgIpc) is 2.15. The van der Waals surface area contributed by atoms with Gasteiger partial charge < -0.3 is 15.3 Å². The van der Waals surface area contributed by atoms with Crippen molar-refractivity contribution in [1.29, 1.82) is 0 Å². The van der Waals surface area contributed by atoms with Gasteiger partial charge in [0, 0.05) is 10.0 Å². The molecule has 0 spiro atoms. The first-order valence-electron chi connectivity index (χ1n) is 3.96. The third kappa shape index (κ3) is 2.60. The highest BCUT2D eigenvalue weighted by Gasteiger charge is 2.20. The van der Waals surface area contributed by atoms with Crippen molar-refractivity contribution in [1.82, 2.24) is 0 Å². The molecule has 2 atom stereocenters. The Balaban J connectivity index is 2.95. The van der Waals surface area contributed by atoms with Gasteiger partial charge in [0.1, 0.15) is 11.9 Å². The number of alkyl halides is 1. The molecule has 0 aromatic heterocycles. The van der Waals surface area contributed by atoms with E-state index in [0.717, 1.165) is 0 Å². The zero-order valence-corrected chi connectivity index (χ0v) is 9.53. The first-order chi connectivity index (χ1) is 6.56. The number of aliphatic hydroxyl groups is 2. The molecule has 2 unspecified atom stereocenters. The predicted molar refractivity (Wildman–Crippen MR) is 57.5 cm³/mol. The number of aromatic hydroxyl groups is 1. The molecule has 0 aliphatic heterocycles. The van der Waals surface area contributed by atoms with Crippen LogP contribution in [0.2, 0.25) is 0 Å². The second-order valence-electron chi connectivity index (χ2n) is 2.87. The molecular formula is C9H10BrClO3. The molecule has 0 saturated carbocycles. The molecule has 0 aliphatic rings. The number of phenolic OH excluding ortho intramolecular Hbond substituents is 1. The first kappa shape index (κ1) is 11.8. The first-order valence-corrected chi connectivity index (χ1v) is 5.29. The van der Waals surface area contributed by atoms with Gasteiger partial charge in [0.2, 0.25) is 0 Å². The minimum atomic E-state index is -1.17. The van der Waals surface area contributed by atoms with Crippen molar-refractivity contribution >= 4 is 27.5 Å². The minimum Gasteiger partial charge on any atom is -0.508 e. The Morgan fingerprint density at radius 1 is 1.36 bits per heavy atom. The summed E-state index contributed by atoms with van der Waals surface area (Å²) in [6, 6.07) is 4.64. The molecule has 14 heavy (non-hydrogen) atoms. The third-order valence-corrected chi connectivity index (χ3v) is 2.64. The summed E-state index contributed by atoms with van der Waals surface area (Å²) in [4.78, 5) is 0. The summed E-state index contributed by atoms with van der Waals surface area (Å²) in [5, 5.41) is 28.3. The average molecular weight is 282 g/mol. The summed E-state index contributed by atoms with van der Waals surface area (Å²) in [5.74, 6) is -0.160. The second-order valence-corrected chi connectivity index (χ2v) is 4.09. The fraction of sp³-hybridized carbons (Fsp3) is 0.333. The maximum absolute atomic E-state index is 9.55. The molecule has 0 bridgehead atoms. The standard InChI is InChI=1S/C9H10BrClO3/c10-5-1-2-6(7(12)3-5)9(14)8(13)4-11/h1-3,8-9,12-14H,4H2. The molecule has 0 amide bonds. The fourth-order valence-electron chi connectivity index (χ4n) is 1.06. The molecular weight excluding hydrogens is 271 g/mol. The van der Waals surface area contributed by atoms with Crippen LogP contribution in [0.15, 0.2) is 22.7 Å². The molecule has 0 radical (unpaired) electrons. The summed E-state index contributed by atoms with van der Waals surface area (Å²) >= 11 is 8.55. The quantitative estimate of drug-likeness (QED) is 0.740. The van der Waals surface area contributed by atoms with Crippen LogP contribution >= 0.6 is 27.5 Å². The van der Waals surface area contributed by atoms with Crippen LogP contribution in [-0.2, 0) is 0 Å². The lowest BCUT2D eigenvalue weighted by Gasteiger charge is -2.16. The monoisotopic (exact) mass is 280 g/mol. The number of benzene rings is 1. The SMILES string of the molecule is Oc1cc(Br)ccc1C(O)C(O)CCl. The molecule has 0 aliphatic carbocycles. The van der Waals surface area contributed by atoms with E-state index in [1.807, 2.05) is 0 Å². The van der Waals surface area contributed by atoms with Crippen molar-refractivity contribution in [2.75, 3.05) is 5.88 Å². The van der Waals surface area contributed by atoms with Gasteiger partial charge >= 0.3 is 0 Å². The summed E-state index contributed by atoms with van der Waals surface area (Å²) in [5.41, 5.74) is 0.265. The van der Waals surface area contributed by atoms with Crippen molar-refractivity contribution in [3.8, 4) is 5.75 Å². The summed E-state index contributed by atoms with van der Waals surface area (Å²) in [6.45, 7) is 0. The highest BCUT2D eigenvalue weighted by Crippen LogP contribution is 2.29. The van der Waals surface area contributed by atoms with E-state index >= 15 is 0 Å². The molecule has 0 saturated heterocycles. The zero-order chi connectivity index (χ0) is 10.7. The van der Waals surface area contributed by atoms with Crippen molar-refractivity contribution in [3.05, 3.63) is 28.2 Å². The van der Waals surface area contributed by atoms with Gasteiger partial charge in [0.15, 0.2) is 0 Å². The Morgan fingerprint density at radius 2 is 2.00 bits per heavy atom. The molecule has 0 fully saturated rings. The van der Waals surface area contributed by atoms with E-state index in [9.17, 15) is 15.3 Å². The molecule has 5 heteroatoms. The van der Waals surface area contributed by atoms with Crippen LogP contribution in [0.1, 0.15) is 11.7 Å². The molecule has 1 aromatic carbocycles. The van der Waals surface area contributed by atoms with Gasteiger partial charge in [-0.25, -0.2) is 0 Å². The van der Waals surface area contributed by atoms with Gasteiger partial charge in [-0.2, -0.15) is 0 Å². The van der Waals surface area contributed by atoms with Crippen molar-refractivity contribution in [3.63, 3.8) is 0 Å². The third-order valence-electron chi connectivity index (χ3n) is 1.83. The van der Waals surface area contributed by atoms with E-state index in [0.29, 0.717) is 4.47 Å². The van der Waals surface area contributed by atoms with Gasteiger partial charge in [-0.1, -0.05) is 22.0 Å².